The van der Waals surface area contributed by atoms with Gasteiger partial charge in [0.2, 0.25) is 23.7 Å². The van der Waals surface area contributed by atoms with Crippen molar-refractivity contribution >= 4 is 57.7 Å². The van der Waals surface area contributed by atoms with Crippen molar-refractivity contribution in [3.63, 3.8) is 0 Å². The molecule has 1 aliphatic rings. The van der Waals surface area contributed by atoms with Crippen molar-refractivity contribution in [3.8, 4) is 5.75 Å². The molecular formula is C38H44N14O6. The number of hydrogen-bond acceptors (Lipinski definition) is 12. The number of fused-ring (bicyclic) bond motifs is 2. The minimum Gasteiger partial charge on any atom is -0.491 e. The van der Waals surface area contributed by atoms with Gasteiger partial charge >= 0.3 is 0 Å². The Morgan fingerprint density at radius 1 is 0.793 bits per heavy atom. The number of anilines is 2. The van der Waals surface area contributed by atoms with Crippen LogP contribution < -0.4 is 26.8 Å². The number of ether oxygens (including phenoxy) is 2. The number of nitrogens with one attached hydrogen (secondary N) is 2. The van der Waals surface area contributed by atoms with Gasteiger partial charge in [-0.15, -0.1) is 0 Å². The third-order valence-electron chi connectivity index (χ3n) is 9.83. The first-order chi connectivity index (χ1) is 27.9. The Kier molecular flexibility index (Phi) is 11.3. The molecule has 4 amide bonds. The highest BCUT2D eigenvalue weighted by molar-refractivity contribution is 6.04. The molecule has 0 atom stereocenters. The number of carbonyl (C=O) groups is 4. The van der Waals surface area contributed by atoms with Gasteiger partial charge in [0.25, 0.3) is 11.8 Å². The topological polar surface area (TPSA) is 250 Å². The average Bonchev–Trinajstić information content (AvgIpc) is 3.94. The summed E-state index contributed by atoms with van der Waals surface area (Å²) in [7, 11) is 3.48. The summed E-state index contributed by atoms with van der Waals surface area (Å²) in [6.07, 6.45) is 5.72. The van der Waals surface area contributed by atoms with Gasteiger partial charge in [0.15, 0.2) is 17.0 Å². The Balaban J connectivity index is 1.21. The van der Waals surface area contributed by atoms with Crippen molar-refractivity contribution in [1.29, 1.82) is 0 Å². The van der Waals surface area contributed by atoms with Gasteiger partial charge in [-0.05, 0) is 50.6 Å². The number of imidazole rings is 2. The number of aromatic nitrogens is 9. The second kappa shape index (κ2) is 16.7. The van der Waals surface area contributed by atoms with Crippen LogP contribution in [0, 0.1) is 13.8 Å². The van der Waals surface area contributed by atoms with Crippen molar-refractivity contribution < 1.29 is 28.7 Å². The fraction of sp³-hybridized carbons (Fsp3) is 0.342. The van der Waals surface area contributed by atoms with E-state index in [2.05, 4.69) is 35.7 Å². The van der Waals surface area contributed by atoms with E-state index >= 15 is 0 Å². The van der Waals surface area contributed by atoms with Crippen molar-refractivity contribution in [3.05, 3.63) is 82.6 Å². The zero-order chi connectivity index (χ0) is 41.1. The van der Waals surface area contributed by atoms with Gasteiger partial charge in [-0.3, -0.25) is 48.6 Å². The number of amides is 4. The molecule has 0 saturated carbocycles. The van der Waals surface area contributed by atoms with Crippen molar-refractivity contribution in [2.45, 2.75) is 33.4 Å². The molecule has 1 aromatic carbocycles. The number of benzene rings is 1. The lowest BCUT2D eigenvalue weighted by atomic mass is 10.1. The largest absolute Gasteiger partial charge is 0.491 e. The summed E-state index contributed by atoms with van der Waals surface area (Å²) >= 11 is 0. The lowest BCUT2D eigenvalue weighted by Crippen LogP contribution is -2.37. The normalized spacial score (nSPS) is 13.4. The fourth-order valence-corrected chi connectivity index (χ4v) is 6.50. The molecule has 20 nitrogen and oxygen atoms in total. The van der Waals surface area contributed by atoms with Crippen LogP contribution in [0.3, 0.4) is 0 Å². The Hall–Kier alpha value is -6.93. The van der Waals surface area contributed by atoms with Crippen LogP contribution in [0.25, 0.3) is 22.2 Å². The van der Waals surface area contributed by atoms with Gasteiger partial charge in [0.1, 0.15) is 16.8 Å². The third kappa shape index (κ3) is 8.42. The van der Waals surface area contributed by atoms with E-state index in [4.69, 9.17) is 25.9 Å². The molecular weight excluding hydrogens is 749 g/mol. The number of nitrogens with zero attached hydrogens (tertiary/aromatic N) is 10. The van der Waals surface area contributed by atoms with Crippen LogP contribution in [-0.2, 0) is 31.9 Å². The van der Waals surface area contributed by atoms with Gasteiger partial charge in [-0.1, -0.05) is 12.2 Å². The molecule has 0 bridgehead atoms. The van der Waals surface area contributed by atoms with E-state index in [-0.39, 0.29) is 47.5 Å². The smallest absolute Gasteiger partial charge is 0.278 e. The first-order valence-corrected chi connectivity index (χ1v) is 18.6. The lowest BCUT2D eigenvalue weighted by molar-refractivity contribution is 0.0358. The highest BCUT2D eigenvalue weighted by Gasteiger charge is 2.22. The molecule has 7 rings (SSSR count). The molecule has 6 heterocycles. The van der Waals surface area contributed by atoms with E-state index < -0.39 is 23.6 Å². The standard InChI is InChI=1S/C38H44N14O6/c1-22-16-28(46-48(22)3)35(55)44-37-42-26-18-24(32(39)53)20-30(58-13-7-8-50-11-14-57-15-12-50)31(26)51(37)9-5-6-10-52-34-27(19-25(21-41-34)33(40)54)43-38(52)45-36(56)29-17-23(2)49(4)47-29/h5-6,16-21H,7-15H2,1-4H3,(H2,39,53)(H2,40,54)(H,42,44,55)(H,43,45,56)/b6-5+. The van der Waals surface area contributed by atoms with Crippen LogP contribution in [-0.4, -0.2) is 112 Å². The number of pyridine rings is 1. The van der Waals surface area contributed by atoms with Gasteiger partial charge < -0.3 is 25.5 Å². The molecule has 6 aromatic rings. The molecule has 1 saturated heterocycles. The molecule has 302 valence electrons. The van der Waals surface area contributed by atoms with Crippen LogP contribution in [0.4, 0.5) is 11.9 Å². The van der Waals surface area contributed by atoms with E-state index in [9.17, 15) is 19.2 Å². The minimum atomic E-state index is -0.671. The number of primary amides is 2. The summed E-state index contributed by atoms with van der Waals surface area (Å²) in [5, 5.41) is 14.3. The molecule has 0 unspecified atom stereocenters. The zero-order valence-electron chi connectivity index (χ0n) is 32.6. The third-order valence-corrected chi connectivity index (χ3v) is 9.83. The van der Waals surface area contributed by atoms with Crippen molar-refractivity contribution in [2.24, 2.45) is 25.6 Å². The summed E-state index contributed by atoms with van der Waals surface area (Å²) in [4.78, 5) is 67.1. The quantitative estimate of drug-likeness (QED) is 0.0860. The van der Waals surface area contributed by atoms with Crippen LogP contribution in [0.15, 0.2) is 48.7 Å². The molecule has 0 spiro atoms. The van der Waals surface area contributed by atoms with Crippen LogP contribution in [0.2, 0.25) is 0 Å². The number of allylic oxidation sites excluding steroid dienone is 2. The average molecular weight is 793 g/mol. The molecule has 58 heavy (non-hydrogen) atoms. The summed E-state index contributed by atoms with van der Waals surface area (Å²) in [5.74, 6) is -1.58. The SMILES string of the molecule is Cc1cc(C(=O)Nc2nc3cc(C(N)=O)cnc3n2C/C=C/Cn2c(NC(=O)c3cc(C)n(C)n3)nc3cc(C(N)=O)cc(OCCCN4CCOCC4)c32)nn1C. The van der Waals surface area contributed by atoms with E-state index in [1.54, 1.807) is 56.9 Å². The second-order valence-corrected chi connectivity index (χ2v) is 13.9. The van der Waals surface area contributed by atoms with E-state index in [1.165, 1.54) is 12.3 Å². The van der Waals surface area contributed by atoms with Crippen LogP contribution in [0.5, 0.6) is 5.75 Å². The van der Waals surface area contributed by atoms with Crippen LogP contribution >= 0.6 is 0 Å². The predicted octanol–water partition coefficient (Wildman–Crippen LogP) is 1.92. The molecule has 6 N–H and O–H groups in total. The van der Waals surface area contributed by atoms with Crippen LogP contribution in [0.1, 0.15) is 59.5 Å². The van der Waals surface area contributed by atoms with E-state index in [0.29, 0.717) is 54.2 Å². The molecule has 5 aromatic heterocycles. The number of nitrogens with two attached hydrogens (primary N) is 2. The summed E-state index contributed by atoms with van der Waals surface area (Å²) in [6, 6.07) is 7.96. The molecule has 0 aliphatic carbocycles. The highest BCUT2D eigenvalue weighted by atomic mass is 16.5. The van der Waals surface area contributed by atoms with Gasteiger partial charge in [0.05, 0.1) is 30.9 Å². The fourth-order valence-electron chi connectivity index (χ4n) is 6.50. The zero-order valence-corrected chi connectivity index (χ0v) is 32.6. The summed E-state index contributed by atoms with van der Waals surface area (Å²) < 4.78 is 18.4. The maximum atomic E-state index is 13.5. The lowest BCUT2D eigenvalue weighted by Gasteiger charge is -2.26. The maximum Gasteiger partial charge on any atom is 0.278 e. The van der Waals surface area contributed by atoms with E-state index in [1.807, 2.05) is 26.0 Å². The molecule has 1 aliphatic heterocycles. The number of aryl methyl sites for hydroxylation is 4. The number of rotatable bonds is 15. The molecule has 0 radical (unpaired) electrons. The highest BCUT2D eigenvalue weighted by Crippen LogP contribution is 2.32. The minimum absolute atomic E-state index is 0.159. The predicted molar refractivity (Wildman–Crippen MR) is 213 cm³/mol. The Labute approximate surface area is 331 Å². The Bertz CT molecular complexity index is 2540. The number of carbonyl (C=O) groups excluding carboxylic acids is 4. The maximum absolute atomic E-state index is 13.5. The van der Waals surface area contributed by atoms with Gasteiger partial charge in [-0.25, -0.2) is 15.0 Å². The summed E-state index contributed by atoms with van der Waals surface area (Å²) in [6.45, 7) is 8.23. The van der Waals surface area contributed by atoms with Gasteiger partial charge in [-0.2, -0.15) is 10.2 Å². The first kappa shape index (κ1) is 39.3. The monoisotopic (exact) mass is 792 g/mol. The van der Waals surface area contributed by atoms with Crippen molar-refractivity contribution in [2.75, 3.05) is 50.1 Å². The van der Waals surface area contributed by atoms with E-state index in [0.717, 1.165) is 31.0 Å². The number of morpholine rings is 1. The Morgan fingerprint density at radius 3 is 1.95 bits per heavy atom. The first-order valence-electron chi connectivity index (χ1n) is 18.6. The van der Waals surface area contributed by atoms with Gasteiger partial charge in [0, 0.05) is 70.0 Å². The summed E-state index contributed by atoms with van der Waals surface area (Å²) in [5.41, 5.74) is 15.2. The molecule has 1 fully saturated rings. The Morgan fingerprint density at radius 2 is 1.36 bits per heavy atom. The molecule has 20 heteroatoms. The number of hydrogen-bond donors (Lipinski definition) is 4. The van der Waals surface area contributed by atoms with Crippen molar-refractivity contribution in [1.82, 2.24) is 48.5 Å². The second-order valence-electron chi connectivity index (χ2n) is 13.9.